The minimum absolute atomic E-state index is 0.156. The molecule has 0 radical (unpaired) electrons. The van der Waals surface area contributed by atoms with Crippen LogP contribution in [-0.4, -0.2) is 29.5 Å². The molecule has 0 saturated heterocycles. The smallest absolute Gasteiger partial charge is 0.162 e. The van der Waals surface area contributed by atoms with Crippen LogP contribution in [0, 0.1) is 0 Å². The van der Waals surface area contributed by atoms with Gasteiger partial charge >= 0.3 is 0 Å². The summed E-state index contributed by atoms with van der Waals surface area (Å²) in [5, 5.41) is 22.3. The number of aliphatic hydroxyl groups excluding tert-OH is 1. The van der Waals surface area contributed by atoms with E-state index in [1.165, 1.54) is 7.11 Å². The maximum absolute atomic E-state index is 9.83. The van der Waals surface area contributed by atoms with E-state index in [0.717, 1.165) is 18.4 Å². The number of rotatable bonds is 4. The number of hydrogen-bond acceptors (Lipinski definition) is 4. The van der Waals surface area contributed by atoms with E-state index in [0.29, 0.717) is 18.3 Å². The molecule has 1 aromatic rings. The van der Waals surface area contributed by atoms with E-state index in [4.69, 9.17) is 9.84 Å². The number of phenolic OH excluding ortho intramolecular Hbond substituents is 1. The van der Waals surface area contributed by atoms with Crippen molar-refractivity contribution in [2.75, 3.05) is 7.11 Å². The van der Waals surface area contributed by atoms with Crippen molar-refractivity contribution in [3.05, 3.63) is 23.8 Å². The fourth-order valence-electron chi connectivity index (χ4n) is 1.88. The first-order chi connectivity index (χ1) is 7.70. The molecule has 0 bridgehead atoms. The number of nitrogens with one attached hydrogen (secondary N) is 1. The van der Waals surface area contributed by atoms with Crippen LogP contribution in [0.5, 0.6) is 11.5 Å². The van der Waals surface area contributed by atoms with E-state index in [2.05, 4.69) is 5.32 Å². The zero-order valence-corrected chi connectivity index (χ0v) is 9.31. The van der Waals surface area contributed by atoms with E-state index < -0.39 is 0 Å². The van der Waals surface area contributed by atoms with E-state index >= 15 is 0 Å². The van der Waals surface area contributed by atoms with Crippen LogP contribution < -0.4 is 10.1 Å². The second kappa shape index (κ2) is 4.72. The van der Waals surface area contributed by atoms with E-state index in [9.17, 15) is 5.11 Å². The van der Waals surface area contributed by atoms with Crippen LogP contribution in [-0.2, 0) is 6.54 Å². The van der Waals surface area contributed by atoms with Gasteiger partial charge in [0.1, 0.15) is 0 Å². The second-order valence-corrected chi connectivity index (χ2v) is 4.17. The molecule has 1 saturated carbocycles. The van der Waals surface area contributed by atoms with Crippen LogP contribution in [0.15, 0.2) is 18.2 Å². The molecule has 0 amide bonds. The molecule has 3 N–H and O–H groups in total. The highest BCUT2D eigenvalue weighted by Gasteiger charge is 2.26. The van der Waals surface area contributed by atoms with Crippen molar-refractivity contribution in [3.8, 4) is 11.5 Å². The molecule has 1 aliphatic rings. The van der Waals surface area contributed by atoms with Gasteiger partial charge in [-0.1, -0.05) is 12.1 Å². The first-order valence-corrected chi connectivity index (χ1v) is 5.47. The van der Waals surface area contributed by atoms with Crippen LogP contribution in [0.4, 0.5) is 0 Å². The summed E-state index contributed by atoms with van der Waals surface area (Å²) in [6.07, 6.45) is 1.44. The molecular weight excluding hydrogens is 206 g/mol. The Hall–Kier alpha value is -1.26. The van der Waals surface area contributed by atoms with Crippen LogP contribution in [0.3, 0.4) is 0 Å². The summed E-state index contributed by atoms with van der Waals surface area (Å²) < 4.78 is 5.03. The molecule has 0 aromatic heterocycles. The van der Waals surface area contributed by atoms with Crippen molar-refractivity contribution in [3.63, 3.8) is 0 Å². The molecule has 1 aliphatic carbocycles. The van der Waals surface area contributed by atoms with Gasteiger partial charge in [0.25, 0.3) is 0 Å². The zero-order valence-electron chi connectivity index (χ0n) is 9.31. The fraction of sp³-hybridized carbons (Fsp3) is 0.500. The summed E-state index contributed by atoms with van der Waals surface area (Å²) in [7, 11) is 1.54. The summed E-state index contributed by atoms with van der Waals surface area (Å²) in [5.41, 5.74) is 0.820. The average Bonchev–Trinajstić information content (AvgIpc) is 2.24. The van der Waals surface area contributed by atoms with Crippen LogP contribution in [0.25, 0.3) is 0 Å². The molecule has 4 nitrogen and oxygen atoms in total. The molecule has 88 valence electrons. The Morgan fingerprint density at radius 3 is 2.81 bits per heavy atom. The van der Waals surface area contributed by atoms with Crippen LogP contribution in [0.1, 0.15) is 18.4 Å². The Morgan fingerprint density at radius 2 is 2.19 bits per heavy atom. The topological polar surface area (TPSA) is 61.7 Å². The molecular formula is C12H17NO3. The predicted octanol–water partition coefficient (Wildman–Crippen LogP) is 1.01. The van der Waals surface area contributed by atoms with Crippen molar-refractivity contribution in [1.29, 1.82) is 0 Å². The molecule has 0 heterocycles. The standard InChI is InChI=1S/C12H17NO3/c1-16-11-4-2-3-8(12(11)15)7-13-9-5-10(14)6-9/h2-4,9-10,13-15H,5-7H2,1H3. The van der Waals surface area contributed by atoms with Gasteiger partial charge in [0.15, 0.2) is 11.5 Å². The molecule has 4 heteroatoms. The van der Waals surface area contributed by atoms with Gasteiger partial charge in [-0.2, -0.15) is 0 Å². The van der Waals surface area contributed by atoms with Gasteiger partial charge in [-0.3, -0.25) is 0 Å². The van der Waals surface area contributed by atoms with Gasteiger partial charge in [0, 0.05) is 18.2 Å². The number of methoxy groups -OCH3 is 1. The molecule has 2 rings (SSSR count). The zero-order chi connectivity index (χ0) is 11.5. The highest BCUT2D eigenvalue weighted by molar-refractivity contribution is 5.45. The van der Waals surface area contributed by atoms with Gasteiger partial charge in [-0.05, 0) is 18.9 Å². The number of ether oxygens (including phenoxy) is 1. The minimum atomic E-state index is -0.156. The van der Waals surface area contributed by atoms with E-state index in [-0.39, 0.29) is 11.9 Å². The number of aromatic hydroxyl groups is 1. The summed E-state index contributed by atoms with van der Waals surface area (Å²) in [5.74, 6) is 0.685. The molecule has 1 fully saturated rings. The third kappa shape index (κ3) is 2.28. The van der Waals surface area contributed by atoms with Crippen molar-refractivity contribution in [2.45, 2.75) is 31.5 Å². The van der Waals surface area contributed by atoms with E-state index in [1.807, 2.05) is 12.1 Å². The van der Waals surface area contributed by atoms with Gasteiger partial charge in [-0.25, -0.2) is 0 Å². The van der Waals surface area contributed by atoms with Crippen LogP contribution >= 0.6 is 0 Å². The minimum Gasteiger partial charge on any atom is -0.504 e. The monoisotopic (exact) mass is 223 g/mol. The number of para-hydroxylation sites is 1. The summed E-state index contributed by atoms with van der Waals surface area (Å²) in [6, 6.07) is 5.80. The lowest BCUT2D eigenvalue weighted by atomic mass is 9.89. The lowest BCUT2D eigenvalue weighted by molar-refractivity contribution is 0.0618. The van der Waals surface area contributed by atoms with Gasteiger partial charge in [0.2, 0.25) is 0 Å². The molecule has 16 heavy (non-hydrogen) atoms. The second-order valence-electron chi connectivity index (χ2n) is 4.17. The third-order valence-electron chi connectivity index (χ3n) is 3.00. The lowest BCUT2D eigenvalue weighted by Gasteiger charge is -2.32. The number of hydrogen-bond donors (Lipinski definition) is 3. The largest absolute Gasteiger partial charge is 0.504 e. The lowest BCUT2D eigenvalue weighted by Crippen LogP contribution is -2.43. The SMILES string of the molecule is COc1cccc(CNC2CC(O)C2)c1O. The Morgan fingerprint density at radius 1 is 1.44 bits per heavy atom. The Labute approximate surface area is 94.9 Å². The van der Waals surface area contributed by atoms with Gasteiger partial charge in [-0.15, -0.1) is 0 Å². The summed E-state index contributed by atoms with van der Waals surface area (Å²) in [4.78, 5) is 0. The van der Waals surface area contributed by atoms with Crippen molar-refractivity contribution >= 4 is 0 Å². The quantitative estimate of drug-likeness (QED) is 0.713. The van der Waals surface area contributed by atoms with Crippen LogP contribution in [0.2, 0.25) is 0 Å². The van der Waals surface area contributed by atoms with E-state index in [1.54, 1.807) is 6.07 Å². The molecule has 0 atom stereocenters. The Bertz CT molecular complexity index is 361. The summed E-state index contributed by atoms with van der Waals surface area (Å²) in [6.45, 7) is 0.598. The fourth-order valence-corrected chi connectivity index (χ4v) is 1.88. The Balaban J connectivity index is 1.93. The maximum atomic E-state index is 9.83. The van der Waals surface area contributed by atoms with Crippen molar-refractivity contribution < 1.29 is 14.9 Å². The Kier molecular flexibility index (Phi) is 3.31. The molecule has 0 spiro atoms. The molecule has 1 aromatic carbocycles. The molecule has 0 unspecified atom stereocenters. The van der Waals surface area contributed by atoms with Gasteiger partial charge < -0.3 is 20.3 Å². The summed E-state index contributed by atoms with van der Waals surface area (Å²) >= 11 is 0. The van der Waals surface area contributed by atoms with Gasteiger partial charge in [0.05, 0.1) is 13.2 Å². The average molecular weight is 223 g/mol. The number of aliphatic hydroxyl groups is 1. The van der Waals surface area contributed by atoms with Crippen molar-refractivity contribution in [2.24, 2.45) is 0 Å². The first-order valence-electron chi connectivity index (χ1n) is 5.47. The third-order valence-corrected chi connectivity index (χ3v) is 3.00. The maximum Gasteiger partial charge on any atom is 0.162 e. The molecule has 0 aliphatic heterocycles. The predicted molar refractivity (Wildman–Crippen MR) is 60.5 cm³/mol. The normalized spacial score (nSPS) is 23.9. The highest BCUT2D eigenvalue weighted by Crippen LogP contribution is 2.29. The first kappa shape index (κ1) is 11.2. The van der Waals surface area contributed by atoms with Crippen molar-refractivity contribution in [1.82, 2.24) is 5.32 Å². The number of phenols is 1. The highest BCUT2D eigenvalue weighted by atomic mass is 16.5. The number of benzene rings is 1.